The molecule has 21 heavy (non-hydrogen) atoms. The Kier molecular flexibility index (Phi) is 4.44. The third-order valence-electron chi connectivity index (χ3n) is 2.85. The van der Waals surface area contributed by atoms with E-state index >= 15 is 0 Å². The molecule has 0 aliphatic rings. The molecule has 5 nitrogen and oxygen atoms in total. The van der Waals surface area contributed by atoms with Crippen LogP contribution in [0.25, 0.3) is 0 Å². The maximum Gasteiger partial charge on any atom is 0.241 e. The zero-order valence-corrected chi connectivity index (χ0v) is 12.2. The Morgan fingerprint density at radius 1 is 1.24 bits per heavy atom. The van der Waals surface area contributed by atoms with Crippen LogP contribution in [0.4, 0.5) is 10.1 Å². The molecule has 0 heterocycles. The molecule has 0 atom stereocenters. The molecule has 0 radical (unpaired) electrons. The lowest BCUT2D eigenvalue weighted by atomic mass is 10.2. The average molecular weight is 310 g/mol. The molecular weight excluding hydrogens is 295 g/mol. The van der Waals surface area contributed by atoms with Crippen molar-refractivity contribution in [2.24, 2.45) is 0 Å². The Bertz CT molecular complexity index is 727. The molecule has 0 amide bonds. The lowest BCUT2D eigenvalue weighted by molar-refractivity contribution is 0.409. The number of hydrogen-bond acceptors (Lipinski definition) is 4. The lowest BCUT2D eigenvalue weighted by Gasteiger charge is -2.10. The fourth-order valence-electron chi connectivity index (χ4n) is 1.84. The molecular formula is C14H15FN2O3S. The quantitative estimate of drug-likeness (QED) is 0.826. The largest absolute Gasteiger partial charge is 0.496 e. The molecule has 0 aliphatic carbocycles. The van der Waals surface area contributed by atoms with Crippen LogP contribution in [-0.4, -0.2) is 15.5 Å². The van der Waals surface area contributed by atoms with Gasteiger partial charge in [-0.2, -0.15) is 0 Å². The molecule has 0 bridgehead atoms. The minimum Gasteiger partial charge on any atom is -0.496 e. The first-order valence-electron chi connectivity index (χ1n) is 6.10. The van der Waals surface area contributed by atoms with E-state index in [1.54, 1.807) is 24.3 Å². The highest BCUT2D eigenvalue weighted by Gasteiger charge is 2.16. The number of rotatable bonds is 5. The molecule has 3 N–H and O–H groups in total. The van der Waals surface area contributed by atoms with Gasteiger partial charge in [-0.1, -0.05) is 18.2 Å². The minimum atomic E-state index is -3.85. The van der Waals surface area contributed by atoms with Crippen molar-refractivity contribution in [3.63, 3.8) is 0 Å². The van der Waals surface area contributed by atoms with Gasteiger partial charge >= 0.3 is 0 Å². The minimum absolute atomic E-state index is 0.0305. The number of hydrogen-bond donors (Lipinski definition) is 2. The Balaban J connectivity index is 2.22. The Hall–Kier alpha value is -2.12. The van der Waals surface area contributed by atoms with E-state index in [1.165, 1.54) is 13.2 Å². The molecule has 0 saturated carbocycles. The second kappa shape index (κ2) is 6.11. The zero-order chi connectivity index (χ0) is 15.5. The van der Waals surface area contributed by atoms with Gasteiger partial charge in [0.15, 0.2) is 0 Å². The number of anilines is 1. The molecule has 2 aromatic rings. The van der Waals surface area contributed by atoms with Gasteiger partial charge in [-0.15, -0.1) is 0 Å². The molecule has 0 aliphatic heterocycles. The Morgan fingerprint density at radius 3 is 2.62 bits per heavy atom. The third-order valence-corrected chi connectivity index (χ3v) is 4.23. The standard InChI is InChI=1S/C14H15FN2O3S/c1-20-14-5-3-2-4-10(14)9-17-21(18,19)13-7-11(15)6-12(16)8-13/h2-8,17H,9,16H2,1H3. The van der Waals surface area contributed by atoms with Gasteiger partial charge in [-0.25, -0.2) is 17.5 Å². The van der Waals surface area contributed by atoms with Crippen molar-refractivity contribution in [2.75, 3.05) is 12.8 Å². The van der Waals surface area contributed by atoms with Gasteiger partial charge in [0.2, 0.25) is 10.0 Å². The summed E-state index contributed by atoms with van der Waals surface area (Å²) in [6.07, 6.45) is 0. The van der Waals surface area contributed by atoms with Crippen LogP contribution < -0.4 is 15.2 Å². The summed E-state index contributed by atoms with van der Waals surface area (Å²) in [5.41, 5.74) is 6.18. The van der Waals surface area contributed by atoms with Gasteiger partial charge < -0.3 is 10.5 Å². The summed E-state index contributed by atoms with van der Waals surface area (Å²) in [6.45, 7) is 0.0305. The van der Waals surface area contributed by atoms with Crippen molar-refractivity contribution < 1.29 is 17.5 Å². The van der Waals surface area contributed by atoms with Crippen LogP contribution in [0.1, 0.15) is 5.56 Å². The molecule has 0 saturated heterocycles. The van der Waals surface area contributed by atoms with E-state index in [2.05, 4.69) is 4.72 Å². The number of methoxy groups -OCH3 is 1. The van der Waals surface area contributed by atoms with Crippen LogP contribution in [0, 0.1) is 5.82 Å². The molecule has 7 heteroatoms. The van der Waals surface area contributed by atoms with E-state index in [-0.39, 0.29) is 17.1 Å². The van der Waals surface area contributed by atoms with Gasteiger partial charge in [0.1, 0.15) is 11.6 Å². The van der Waals surface area contributed by atoms with E-state index in [4.69, 9.17) is 10.5 Å². The lowest BCUT2D eigenvalue weighted by Crippen LogP contribution is -2.23. The number of nitrogen functional groups attached to an aromatic ring is 1. The van der Waals surface area contributed by atoms with Gasteiger partial charge in [-0.05, 0) is 24.3 Å². The summed E-state index contributed by atoms with van der Waals surface area (Å²) in [6, 6.07) is 10.2. The number of nitrogens with two attached hydrogens (primary N) is 1. The molecule has 2 rings (SSSR count). The fourth-order valence-corrected chi connectivity index (χ4v) is 2.92. The maximum atomic E-state index is 13.2. The van der Waals surface area contributed by atoms with E-state index < -0.39 is 15.8 Å². The highest BCUT2D eigenvalue weighted by molar-refractivity contribution is 7.89. The number of ether oxygens (including phenoxy) is 1. The number of halogens is 1. The Labute approximate surface area is 122 Å². The molecule has 112 valence electrons. The van der Waals surface area contributed by atoms with E-state index in [1.807, 2.05) is 0 Å². The number of nitrogens with one attached hydrogen (secondary N) is 1. The average Bonchev–Trinajstić information content (AvgIpc) is 2.44. The van der Waals surface area contributed by atoms with Crippen molar-refractivity contribution in [3.05, 3.63) is 53.8 Å². The summed E-state index contributed by atoms with van der Waals surface area (Å²) in [5, 5.41) is 0. The highest BCUT2D eigenvalue weighted by atomic mass is 32.2. The van der Waals surface area contributed by atoms with Gasteiger partial charge in [0.05, 0.1) is 12.0 Å². The fraction of sp³-hybridized carbons (Fsp3) is 0.143. The number of sulfonamides is 1. The third kappa shape index (κ3) is 3.71. The van der Waals surface area contributed by atoms with E-state index in [0.29, 0.717) is 11.3 Å². The van der Waals surface area contributed by atoms with Gasteiger partial charge in [-0.3, -0.25) is 0 Å². The SMILES string of the molecule is COc1ccccc1CNS(=O)(=O)c1cc(N)cc(F)c1. The summed E-state index contributed by atoms with van der Waals surface area (Å²) in [5.74, 6) is -0.133. The van der Waals surface area contributed by atoms with Crippen molar-refractivity contribution in [1.29, 1.82) is 0 Å². The maximum absolute atomic E-state index is 13.2. The van der Waals surface area contributed by atoms with Crippen LogP contribution in [-0.2, 0) is 16.6 Å². The smallest absolute Gasteiger partial charge is 0.241 e. The predicted octanol–water partition coefficient (Wildman–Crippen LogP) is 1.90. The van der Waals surface area contributed by atoms with Crippen LogP contribution in [0.15, 0.2) is 47.4 Å². The monoisotopic (exact) mass is 310 g/mol. The summed E-state index contributed by atoms with van der Waals surface area (Å²) < 4.78 is 45.0. The van der Waals surface area contributed by atoms with Crippen molar-refractivity contribution in [2.45, 2.75) is 11.4 Å². The topological polar surface area (TPSA) is 81.4 Å². The van der Waals surface area contributed by atoms with Crippen LogP contribution >= 0.6 is 0 Å². The first kappa shape index (κ1) is 15.3. The first-order valence-corrected chi connectivity index (χ1v) is 7.58. The number of benzene rings is 2. The van der Waals surface area contributed by atoms with Gasteiger partial charge in [0, 0.05) is 17.8 Å². The van der Waals surface area contributed by atoms with Gasteiger partial charge in [0.25, 0.3) is 0 Å². The molecule has 0 fully saturated rings. The van der Waals surface area contributed by atoms with Crippen LogP contribution in [0.5, 0.6) is 5.75 Å². The second-order valence-corrected chi connectivity index (χ2v) is 6.12. The summed E-state index contributed by atoms with van der Waals surface area (Å²) in [4.78, 5) is -0.213. The summed E-state index contributed by atoms with van der Waals surface area (Å²) >= 11 is 0. The number of para-hydroxylation sites is 1. The van der Waals surface area contributed by atoms with Crippen molar-refractivity contribution >= 4 is 15.7 Å². The van der Waals surface area contributed by atoms with Crippen molar-refractivity contribution in [3.8, 4) is 5.75 Å². The molecule has 0 aromatic heterocycles. The van der Waals surface area contributed by atoms with Crippen LogP contribution in [0.3, 0.4) is 0 Å². The van der Waals surface area contributed by atoms with E-state index in [9.17, 15) is 12.8 Å². The molecule has 0 unspecified atom stereocenters. The Morgan fingerprint density at radius 2 is 1.95 bits per heavy atom. The predicted molar refractivity (Wildman–Crippen MR) is 77.8 cm³/mol. The van der Waals surface area contributed by atoms with E-state index in [0.717, 1.165) is 12.1 Å². The van der Waals surface area contributed by atoms with Crippen LogP contribution in [0.2, 0.25) is 0 Å². The second-order valence-electron chi connectivity index (χ2n) is 4.36. The molecule has 2 aromatic carbocycles. The summed E-state index contributed by atoms with van der Waals surface area (Å²) in [7, 11) is -2.35. The highest BCUT2D eigenvalue weighted by Crippen LogP contribution is 2.19. The zero-order valence-electron chi connectivity index (χ0n) is 11.3. The molecule has 0 spiro atoms. The normalized spacial score (nSPS) is 11.3. The first-order chi connectivity index (χ1) is 9.92. The van der Waals surface area contributed by atoms with Crippen molar-refractivity contribution in [1.82, 2.24) is 4.72 Å².